The first kappa shape index (κ1) is 14.1. The number of carbonyl (C=O) groups is 2. The molecular formula is C15H11ClNO3S-. The highest BCUT2D eigenvalue weighted by Crippen LogP contribution is 2.38. The maximum absolute atomic E-state index is 12.2. The molecule has 0 saturated heterocycles. The van der Waals surface area contributed by atoms with E-state index in [1.807, 2.05) is 0 Å². The molecule has 2 aromatic rings. The number of thiophene rings is 1. The highest BCUT2D eigenvalue weighted by molar-refractivity contribution is 7.17. The first-order valence-electron chi connectivity index (χ1n) is 6.49. The molecule has 0 spiro atoms. The molecule has 0 saturated carbocycles. The summed E-state index contributed by atoms with van der Waals surface area (Å²) in [6, 6.07) is 6.51. The van der Waals surface area contributed by atoms with Gasteiger partial charge in [-0.05, 0) is 43.0 Å². The summed E-state index contributed by atoms with van der Waals surface area (Å²) < 4.78 is 0. The number of anilines is 1. The molecule has 1 N–H and O–H groups in total. The van der Waals surface area contributed by atoms with Gasteiger partial charge in [0.2, 0.25) is 0 Å². The van der Waals surface area contributed by atoms with E-state index in [1.54, 1.807) is 18.2 Å². The number of fused-ring (bicyclic) bond motifs is 1. The fourth-order valence-electron chi connectivity index (χ4n) is 2.51. The van der Waals surface area contributed by atoms with E-state index in [0.717, 1.165) is 29.7 Å². The van der Waals surface area contributed by atoms with Crippen molar-refractivity contribution in [2.24, 2.45) is 0 Å². The van der Waals surface area contributed by atoms with Crippen LogP contribution in [0.3, 0.4) is 0 Å². The van der Waals surface area contributed by atoms with E-state index in [9.17, 15) is 14.7 Å². The predicted octanol–water partition coefficient (Wildman–Crippen LogP) is 2.51. The van der Waals surface area contributed by atoms with Crippen molar-refractivity contribution in [3.63, 3.8) is 0 Å². The van der Waals surface area contributed by atoms with E-state index < -0.39 is 5.97 Å². The van der Waals surface area contributed by atoms with Crippen LogP contribution in [0.2, 0.25) is 5.02 Å². The van der Waals surface area contributed by atoms with E-state index in [2.05, 4.69) is 5.32 Å². The summed E-state index contributed by atoms with van der Waals surface area (Å²) in [6.45, 7) is 0. The Morgan fingerprint density at radius 2 is 2.10 bits per heavy atom. The number of carboxylic acid groups (broad SMARTS) is 1. The Morgan fingerprint density at radius 3 is 2.81 bits per heavy atom. The number of halogens is 1. The molecule has 108 valence electrons. The molecule has 0 radical (unpaired) electrons. The first-order chi connectivity index (χ1) is 10.1. The van der Waals surface area contributed by atoms with Gasteiger partial charge in [0, 0.05) is 21.0 Å². The molecule has 0 unspecified atom stereocenters. The van der Waals surface area contributed by atoms with Crippen LogP contribution >= 0.6 is 22.9 Å². The third-order valence-electron chi connectivity index (χ3n) is 3.44. The quantitative estimate of drug-likeness (QED) is 0.944. The molecule has 1 aliphatic rings. The molecule has 0 atom stereocenters. The van der Waals surface area contributed by atoms with Gasteiger partial charge in [-0.2, -0.15) is 0 Å². The second-order valence-corrected chi connectivity index (χ2v) is 6.36. The van der Waals surface area contributed by atoms with Crippen molar-refractivity contribution in [3.05, 3.63) is 50.9 Å². The van der Waals surface area contributed by atoms with E-state index in [0.29, 0.717) is 15.6 Å². The van der Waals surface area contributed by atoms with Crippen LogP contribution in [0.1, 0.15) is 37.6 Å². The number of rotatable bonds is 3. The van der Waals surface area contributed by atoms with Crippen LogP contribution in [0.25, 0.3) is 0 Å². The molecule has 1 amide bonds. The van der Waals surface area contributed by atoms with Crippen molar-refractivity contribution in [1.82, 2.24) is 0 Å². The maximum Gasteiger partial charge on any atom is 0.256 e. The molecule has 1 aliphatic carbocycles. The molecule has 0 aliphatic heterocycles. The summed E-state index contributed by atoms with van der Waals surface area (Å²) in [5.74, 6) is -1.62. The molecule has 4 nitrogen and oxygen atoms in total. The number of hydrogen-bond acceptors (Lipinski definition) is 4. The normalized spacial score (nSPS) is 13.0. The number of hydrogen-bond donors (Lipinski definition) is 1. The molecule has 1 aromatic carbocycles. The van der Waals surface area contributed by atoms with E-state index >= 15 is 0 Å². The topological polar surface area (TPSA) is 69.2 Å². The third kappa shape index (κ3) is 2.66. The monoisotopic (exact) mass is 320 g/mol. The van der Waals surface area contributed by atoms with E-state index in [4.69, 9.17) is 11.6 Å². The Bertz CT molecular complexity index is 739. The fraction of sp³-hybridized carbons (Fsp3) is 0.200. The molecule has 6 heteroatoms. The number of benzene rings is 1. The number of aromatic carboxylic acids is 1. The Labute approximate surface area is 130 Å². The summed E-state index contributed by atoms with van der Waals surface area (Å²) in [7, 11) is 0. The van der Waals surface area contributed by atoms with Gasteiger partial charge < -0.3 is 15.2 Å². The second kappa shape index (κ2) is 5.50. The number of carboxylic acids is 1. The van der Waals surface area contributed by atoms with Gasteiger partial charge in [-0.15, -0.1) is 11.3 Å². The number of nitrogens with one attached hydrogen (secondary N) is 1. The average molecular weight is 321 g/mol. The summed E-state index contributed by atoms with van der Waals surface area (Å²) in [6.07, 6.45) is 2.53. The van der Waals surface area contributed by atoms with Crippen molar-refractivity contribution < 1.29 is 14.7 Å². The minimum Gasteiger partial charge on any atom is -0.545 e. The van der Waals surface area contributed by atoms with Gasteiger partial charge in [0.1, 0.15) is 5.00 Å². The zero-order valence-electron chi connectivity index (χ0n) is 10.9. The van der Waals surface area contributed by atoms with Crippen molar-refractivity contribution in [3.8, 4) is 0 Å². The second-order valence-electron chi connectivity index (χ2n) is 4.81. The lowest BCUT2D eigenvalue weighted by molar-refractivity contribution is -0.254. The summed E-state index contributed by atoms with van der Waals surface area (Å²) in [4.78, 5) is 24.6. The Hall–Kier alpha value is -1.85. The zero-order valence-corrected chi connectivity index (χ0v) is 12.5. The summed E-state index contributed by atoms with van der Waals surface area (Å²) >= 11 is 7.17. The lowest BCUT2D eigenvalue weighted by atomic mass is 10.1. The minimum absolute atomic E-state index is 0.128. The third-order valence-corrected chi connectivity index (χ3v) is 4.88. The van der Waals surface area contributed by atoms with Crippen molar-refractivity contribution in [2.75, 3.05) is 5.32 Å². The van der Waals surface area contributed by atoms with E-state index in [1.165, 1.54) is 17.4 Å². The molecule has 21 heavy (non-hydrogen) atoms. The lowest BCUT2D eigenvalue weighted by Crippen LogP contribution is -2.25. The van der Waals surface area contributed by atoms with E-state index in [-0.39, 0.29) is 11.5 Å². The van der Waals surface area contributed by atoms with Gasteiger partial charge in [0.05, 0.1) is 5.97 Å². The van der Waals surface area contributed by atoms with Crippen molar-refractivity contribution in [2.45, 2.75) is 19.3 Å². The summed E-state index contributed by atoms with van der Waals surface area (Å²) in [5, 5.41) is 14.8. The first-order valence-corrected chi connectivity index (χ1v) is 7.68. The average Bonchev–Trinajstić information content (AvgIpc) is 2.98. The fourth-order valence-corrected chi connectivity index (χ4v) is 3.98. The standard InChI is InChI=1S/C15H12ClNO3S/c16-9-4-1-3-8(7-9)13(18)17-14-12(15(19)20)10-5-2-6-11(10)21-14/h1,3-4,7H,2,5-6H2,(H,17,18)(H,19,20)/p-1. The predicted molar refractivity (Wildman–Crippen MR) is 80.1 cm³/mol. The highest BCUT2D eigenvalue weighted by Gasteiger charge is 2.24. The lowest BCUT2D eigenvalue weighted by Gasteiger charge is -2.09. The smallest absolute Gasteiger partial charge is 0.256 e. The van der Waals surface area contributed by atoms with Crippen LogP contribution in [0, 0.1) is 0 Å². The molecule has 1 aromatic heterocycles. The van der Waals surface area contributed by atoms with Gasteiger partial charge >= 0.3 is 0 Å². The van der Waals surface area contributed by atoms with Crippen LogP contribution < -0.4 is 10.4 Å². The largest absolute Gasteiger partial charge is 0.545 e. The Kier molecular flexibility index (Phi) is 3.69. The van der Waals surface area contributed by atoms with Crippen LogP contribution in [0.4, 0.5) is 5.00 Å². The number of carbonyl (C=O) groups excluding carboxylic acids is 2. The summed E-state index contributed by atoms with van der Waals surface area (Å²) in [5.41, 5.74) is 1.32. The van der Waals surface area contributed by atoms with Crippen LogP contribution in [0.15, 0.2) is 24.3 Å². The van der Waals surface area contributed by atoms with Crippen molar-refractivity contribution in [1.29, 1.82) is 0 Å². The number of aryl methyl sites for hydroxylation is 1. The van der Waals surface area contributed by atoms with Crippen LogP contribution in [-0.2, 0) is 12.8 Å². The van der Waals surface area contributed by atoms with Gasteiger partial charge in [-0.3, -0.25) is 4.79 Å². The molecular weight excluding hydrogens is 310 g/mol. The van der Waals surface area contributed by atoms with Gasteiger partial charge in [0.25, 0.3) is 5.91 Å². The van der Waals surface area contributed by atoms with Gasteiger partial charge in [-0.1, -0.05) is 17.7 Å². The molecule has 3 rings (SSSR count). The molecule has 1 heterocycles. The van der Waals surface area contributed by atoms with Crippen LogP contribution in [0.5, 0.6) is 0 Å². The SMILES string of the molecule is O=C(Nc1sc2c(c1C(=O)[O-])CCC2)c1cccc(Cl)c1. The van der Waals surface area contributed by atoms with Crippen molar-refractivity contribution >= 4 is 39.8 Å². The zero-order chi connectivity index (χ0) is 15.0. The maximum atomic E-state index is 12.2. The molecule has 0 fully saturated rings. The Morgan fingerprint density at radius 1 is 1.29 bits per heavy atom. The van der Waals surface area contributed by atoms with Gasteiger partial charge in [0.15, 0.2) is 0 Å². The number of amides is 1. The van der Waals surface area contributed by atoms with Crippen LogP contribution in [-0.4, -0.2) is 11.9 Å². The Balaban J connectivity index is 1.92. The minimum atomic E-state index is -1.24. The highest BCUT2D eigenvalue weighted by atomic mass is 35.5. The molecule has 0 bridgehead atoms. The van der Waals surface area contributed by atoms with Gasteiger partial charge in [-0.25, -0.2) is 0 Å².